The van der Waals surface area contributed by atoms with Crippen LogP contribution in [0.25, 0.3) is 16.9 Å². The SMILES string of the molecule is COC(=O)c1ccc2c(c1)nc(C)n2-c1cc(C(C)(C)C)[nH]n1. The smallest absolute Gasteiger partial charge is 0.337 e. The van der Waals surface area contributed by atoms with Crippen LogP contribution in [0.15, 0.2) is 24.3 Å². The number of carbonyl (C=O) groups excluding carboxylic acids is 1. The molecule has 3 aromatic rings. The number of ether oxygens (including phenoxy) is 1. The Labute approximate surface area is 134 Å². The number of hydrogen-bond donors (Lipinski definition) is 1. The number of nitrogens with one attached hydrogen (secondary N) is 1. The molecule has 3 rings (SSSR count). The molecule has 0 fully saturated rings. The average Bonchev–Trinajstić information content (AvgIpc) is 3.08. The van der Waals surface area contributed by atoms with Gasteiger partial charge >= 0.3 is 5.97 Å². The fourth-order valence-electron chi connectivity index (χ4n) is 2.54. The summed E-state index contributed by atoms with van der Waals surface area (Å²) in [5, 5.41) is 7.51. The van der Waals surface area contributed by atoms with E-state index in [0.29, 0.717) is 5.56 Å². The minimum absolute atomic E-state index is 0.00636. The van der Waals surface area contributed by atoms with Gasteiger partial charge in [0.2, 0.25) is 0 Å². The second-order valence-electron chi connectivity index (χ2n) is 6.58. The lowest BCUT2D eigenvalue weighted by atomic mass is 9.92. The first-order valence-corrected chi connectivity index (χ1v) is 7.45. The van der Waals surface area contributed by atoms with Crippen LogP contribution in [0.4, 0.5) is 0 Å². The molecule has 0 aliphatic carbocycles. The Hall–Kier alpha value is -2.63. The van der Waals surface area contributed by atoms with Crippen molar-refractivity contribution in [3.63, 3.8) is 0 Å². The first kappa shape index (κ1) is 15.3. The number of aromatic amines is 1. The zero-order valence-electron chi connectivity index (χ0n) is 14.0. The first-order chi connectivity index (χ1) is 10.8. The highest BCUT2D eigenvalue weighted by Gasteiger charge is 2.19. The van der Waals surface area contributed by atoms with Crippen LogP contribution in [-0.2, 0) is 10.2 Å². The van der Waals surface area contributed by atoms with Crippen LogP contribution in [0.5, 0.6) is 0 Å². The fourth-order valence-corrected chi connectivity index (χ4v) is 2.54. The van der Waals surface area contributed by atoms with Crippen molar-refractivity contribution in [3.05, 3.63) is 41.3 Å². The molecular formula is C17H20N4O2. The Kier molecular flexibility index (Phi) is 3.47. The second kappa shape index (κ2) is 5.22. The van der Waals surface area contributed by atoms with Crippen LogP contribution in [0.3, 0.4) is 0 Å². The van der Waals surface area contributed by atoms with Crippen LogP contribution in [0.2, 0.25) is 0 Å². The summed E-state index contributed by atoms with van der Waals surface area (Å²) in [5.74, 6) is 1.24. The number of carbonyl (C=O) groups is 1. The number of nitrogens with zero attached hydrogens (tertiary/aromatic N) is 3. The highest BCUT2D eigenvalue weighted by atomic mass is 16.5. The summed E-state index contributed by atoms with van der Waals surface area (Å²) in [6.45, 7) is 8.31. The van der Waals surface area contributed by atoms with Crippen molar-refractivity contribution in [3.8, 4) is 5.82 Å². The molecule has 0 bridgehead atoms. The van der Waals surface area contributed by atoms with Gasteiger partial charge in [-0.1, -0.05) is 20.8 Å². The Bertz CT molecular complexity index is 884. The van der Waals surface area contributed by atoms with Crippen LogP contribution in [0, 0.1) is 6.92 Å². The van der Waals surface area contributed by atoms with Gasteiger partial charge in [-0.3, -0.25) is 9.67 Å². The molecule has 2 heterocycles. The zero-order chi connectivity index (χ0) is 16.8. The molecule has 120 valence electrons. The molecule has 0 aliphatic heterocycles. The average molecular weight is 312 g/mol. The van der Waals surface area contributed by atoms with E-state index < -0.39 is 0 Å². The lowest BCUT2D eigenvalue weighted by Gasteiger charge is -2.14. The molecule has 6 heteroatoms. The van der Waals surface area contributed by atoms with Crippen molar-refractivity contribution in [2.75, 3.05) is 7.11 Å². The normalized spacial score (nSPS) is 11.9. The maximum Gasteiger partial charge on any atom is 0.337 e. The summed E-state index contributed by atoms with van der Waals surface area (Å²) in [6.07, 6.45) is 0. The van der Waals surface area contributed by atoms with E-state index in [9.17, 15) is 4.79 Å². The Balaban J connectivity index is 2.13. The van der Waals surface area contributed by atoms with Gasteiger partial charge in [-0.25, -0.2) is 9.78 Å². The maximum atomic E-state index is 11.7. The lowest BCUT2D eigenvalue weighted by Crippen LogP contribution is -2.11. The number of H-pyrrole nitrogens is 1. The minimum Gasteiger partial charge on any atom is -0.465 e. The Morgan fingerprint density at radius 2 is 2.00 bits per heavy atom. The molecule has 2 aromatic heterocycles. The van der Waals surface area contributed by atoms with E-state index in [4.69, 9.17) is 4.74 Å². The predicted octanol–water partition coefficient (Wildman–Crippen LogP) is 3.14. The van der Waals surface area contributed by atoms with Gasteiger partial charge in [0, 0.05) is 17.2 Å². The summed E-state index contributed by atoms with van der Waals surface area (Å²) in [6, 6.07) is 7.38. The molecule has 0 radical (unpaired) electrons. The number of hydrogen-bond acceptors (Lipinski definition) is 4. The molecule has 0 saturated carbocycles. The number of methoxy groups -OCH3 is 1. The van der Waals surface area contributed by atoms with E-state index in [-0.39, 0.29) is 11.4 Å². The molecule has 6 nitrogen and oxygen atoms in total. The third-order valence-electron chi connectivity index (χ3n) is 3.84. The largest absolute Gasteiger partial charge is 0.465 e. The summed E-state index contributed by atoms with van der Waals surface area (Å²) in [7, 11) is 1.37. The monoisotopic (exact) mass is 312 g/mol. The third-order valence-corrected chi connectivity index (χ3v) is 3.84. The molecular weight excluding hydrogens is 292 g/mol. The van der Waals surface area contributed by atoms with E-state index in [0.717, 1.165) is 28.4 Å². The maximum absolute atomic E-state index is 11.7. The van der Waals surface area contributed by atoms with E-state index in [1.807, 2.05) is 23.6 Å². The van der Waals surface area contributed by atoms with Crippen molar-refractivity contribution in [1.29, 1.82) is 0 Å². The number of aryl methyl sites for hydroxylation is 1. The van der Waals surface area contributed by atoms with Gasteiger partial charge in [0.25, 0.3) is 0 Å². The van der Waals surface area contributed by atoms with Gasteiger partial charge < -0.3 is 4.74 Å². The standard InChI is InChI=1S/C17H20N4O2/c1-10-18-12-8-11(16(22)23-5)6-7-13(12)21(10)15-9-14(19-20-15)17(2,3)4/h6-9H,1-5H3,(H,19,20). The Morgan fingerprint density at radius 3 is 2.61 bits per heavy atom. The van der Waals surface area contributed by atoms with E-state index in [1.165, 1.54) is 7.11 Å². The van der Waals surface area contributed by atoms with Gasteiger partial charge in [-0.2, -0.15) is 5.10 Å². The number of imidazole rings is 1. The number of rotatable bonds is 2. The van der Waals surface area contributed by atoms with Crippen LogP contribution >= 0.6 is 0 Å². The molecule has 0 atom stereocenters. The molecule has 0 saturated heterocycles. The highest BCUT2D eigenvalue weighted by molar-refractivity contribution is 5.94. The third kappa shape index (κ3) is 2.60. The second-order valence-corrected chi connectivity index (χ2v) is 6.58. The van der Waals surface area contributed by atoms with Crippen LogP contribution in [-0.4, -0.2) is 32.8 Å². The molecule has 1 N–H and O–H groups in total. The van der Waals surface area contributed by atoms with Gasteiger partial charge in [-0.15, -0.1) is 0 Å². The number of benzene rings is 1. The lowest BCUT2D eigenvalue weighted by molar-refractivity contribution is 0.0601. The quantitative estimate of drug-likeness (QED) is 0.738. The van der Waals surface area contributed by atoms with Crippen molar-refractivity contribution in [2.45, 2.75) is 33.1 Å². The van der Waals surface area contributed by atoms with Crippen molar-refractivity contribution < 1.29 is 9.53 Å². The molecule has 0 unspecified atom stereocenters. The van der Waals surface area contributed by atoms with Gasteiger partial charge in [-0.05, 0) is 25.1 Å². The van der Waals surface area contributed by atoms with E-state index in [2.05, 4.69) is 36.0 Å². The number of fused-ring (bicyclic) bond motifs is 1. The van der Waals surface area contributed by atoms with Crippen molar-refractivity contribution in [1.82, 2.24) is 19.7 Å². The van der Waals surface area contributed by atoms with Gasteiger partial charge in [0.15, 0.2) is 5.82 Å². The van der Waals surface area contributed by atoms with Gasteiger partial charge in [0.1, 0.15) is 5.82 Å². The summed E-state index contributed by atoms with van der Waals surface area (Å²) in [4.78, 5) is 16.2. The number of aromatic nitrogens is 4. The summed E-state index contributed by atoms with van der Waals surface area (Å²) in [5.41, 5.74) is 3.18. The molecule has 0 spiro atoms. The predicted molar refractivity (Wildman–Crippen MR) is 88.0 cm³/mol. The first-order valence-electron chi connectivity index (χ1n) is 7.45. The van der Waals surface area contributed by atoms with Gasteiger partial charge in [0.05, 0.1) is 23.7 Å². The van der Waals surface area contributed by atoms with E-state index in [1.54, 1.807) is 12.1 Å². The highest BCUT2D eigenvalue weighted by Crippen LogP contribution is 2.25. The zero-order valence-corrected chi connectivity index (χ0v) is 14.0. The molecule has 0 aliphatic rings. The van der Waals surface area contributed by atoms with Crippen LogP contribution in [0.1, 0.15) is 42.6 Å². The fraction of sp³-hybridized carbons (Fsp3) is 0.353. The summed E-state index contributed by atoms with van der Waals surface area (Å²) >= 11 is 0. The van der Waals surface area contributed by atoms with Crippen LogP contribution < -0.4 is 0 Å². The molecule has 1 aromatic carbocycles. The topological polar surface area (TPSA) is 72.8 Å². The van der Waals surface area contributed by atoms with Crippen molar-refractivity contribution in [2.24, 2.45) is 0 Å². The van der Waals surface area contributed by atoms with E-state index >= 15 is 0 Å². The summed E-state index contributed by atoms with van der Waals surface area (Å²) < 4.78 is 6.73. The Morgan fingerprint density at radius 1 is 1.26 bits per heavy atom. The minimum atomic E-state index is -0.367. The van der Waals surface area contributed by atoms with Crippen molar-refractivity contribution >= 4 is 17.0 Å². The number of esters is 1. The molecule has 23 heavy (non-hydrogen) atoms. The molecule has 0 amide bonds.